The molecular weight excluding hydrogens is 256 g/mol. The van der Waals surface area contributed by atoms with Crippen molar-refractivity contribution in [1.29, 1.82) is 0 Å². The molecule has 0 aliphatic heterocycles. The van der Waals surface area contributed by atoms with Gasteiger partial charge in [-0.15, -0.1) is 0 Å². The van der Waals surface area contributed by atoms with Crippen LogP contribution in [0.3, 0.4) is 0 Å². The zero-order valence-corrected chi connectivity index (χ0v) is 14.6. The summed E-state index contributed by atoms with van der Waals surface area (Å²) in [6.07, 6.45) is 7.54. The summed E-state index contributed by atoms with van der Waals surface area (Å²) in [7, 11) is 0. The first-order valence-corrected chi connectivity index (χ1v) is 8.65. The number of ether oxygens (including phenoxy) is 1. The van der Waals surface area contributed by atoms with Gasteiger partial charge in [0.25, 0.3) is 0 Å². The van der Waals surface area contributed by atoms with Crippen molar-refractivity contribution in [3.05, 3.63) is 29.3 Å². The van der Waals surface area contributed by atoms with E-state index in [1.165, 1.54) is 49.7 Å². The molecule has 0 atom stereocenters. The molecule has 21 heavy (non-hydrogen) atoms. The van der Waals surface area contributed by atoms with Gasteiger partial charge in [-0.2, -0.15) is 0 Å². The van der Waals surface area contributed by atoms with Crippen LogP contribution in [0.1, 0.15) is 84.3 Å². The van der Waals surface area contributed by atoms with Crippen LogP contribution in [-0.4, -0.2) is 6.61 Å². The van der Waals surface area contributed by atoms with Crippen molar-refractivity contribution in [2.24, 2.45) is 0 Å². The van der Waals surface area contributed by atoms with E-state index in [1.807, 2.05) is 0 Å². The molecule has 1 aliphatic carbocycles. The first kappa shape index (κ1) is 16.4. The minimum absolute atomic E-state index is 0.227. The largest absolute Gasteiger partial charge is 0.493 e. The highest BCUT2D eigenvalue weighted by Crippen LogP contribution is 2.49. The van der Waals surface area contributed by atoms with E-state index in [0.29, 0.717) is 0 Å². The molecule has 0 fully saturated rings. The van der Waals surface area contributed by atoms with Crippen molar-refractivity contribution in [3.63, 3.8) is 0 Å². The van der Waals surface area contributed by atoms with E-state index < -0.39 is 0 Å². The van der Waals surface area contributed by atoms with Crippen LogP contribution in [0.2, 0.25) is 0 Å². The maximum Gasteiger partial charge on any atom is 0.123 e. The fourth-order valence-corrected chi connectivity index (χ4v) is 3.51. The number of benzene rings is 1. The smallest absolute Gasteiger partial charge is 0.123 e. The summed E-state index contributed by atoms with van der Waals surface area (Å²) in [4.78, 5) is 0. The van der Waals surface area contributed by atoms with Gasteiger partial charge in [0.1, 0.15) is 5.75 Å². The van der Waals surface area contributed by atoms with Crippen molar-refractivity contribution < 1.29 is 4.74 Å². The van der Waals surface area contributed by atoms with Crippen LogP contribution in [0.15, 0.2) is 18.2 Å². The van der Waals surface area contributed by atoms with Crippen molar-refractivity contribution in [2.45, 2.75) is 84.0 Å². The van der Waals surface area contributed by atoms with Crippen LogP contribution < -0.4 is 4.74 Å². The molecule has 0 N–H and O–H groups in total. The first-order chi connectivity index (χ1) is 9.88. The summed E-state index contributed by atoms with van der Waals surface area (Å²) < 4.78 is 6.18. The summed E-state index contributed by atoms with van der Waals surface area (Å²) in [6.45, 7) is 12.6. The molecule has 0 spiro atoms. The molecule has 0 heterocycles. The Balaban J connectivity index is 2.20. The predicted molar refractivity (Wildman–Crippen MR) is 91.4 cm³/mol. The monoisotopic (exact) mass is 288 g/mol. The highest BCUT2D eigenvalue weighted by atomic mass is 16.5. The van der Waals surface area contributed by atoms with Gasteiger partial charge in [0.15, 0.2) is 0 Å². The third-order valence-corrected chi connectivity index (χ3v) is 5.06. The summed E-state index contributed by atoms with van der Waals surface area (Å²) in [6, 6.07) is 6.64. The molecule has 0 aromatic heterocycles. The van der Waals surface area contributed by atoms with Crippen molar-refractivity contribution in [3.8, 4) is 5.75 Å². The third kappa shape index (κ3) is 3.62. The van der Waals surface area contributed by atoms with E-state index in [2.05, 4.69) is 52.8 Å². The van der Waals surface area contributed by atoms with Crippen molar-refractivity contribution >= 4 is 0 Å². The number of rotatable bonds is 6. The molecule has 1 aromatic carbocycles. The van der Waals surface area contributed by atoms with Gasteiger partial charge in [-0.05, 0) is 41.7 Å². The lowest BCUT2D eigenvalue weighted by Crippen LogP contribution is -2.34. The quantitative estimate of drug-likeness (QED) is 0.584. The van der Waals surface area contributed by atoms with Crippen LogP contribution in [0.4, 0.5) is 0 Å². The lowest BCUT2D eigenvalue weighted by molar-refractivity contribution is 0.275. The molecule has 118 valence electrons. The summed E-state index contributed by atoms with van der Waals surface area (Å²) >= 11 is 0. The SMILES string of the molecule is CCCCCCOc1cccc2c1C(C)(C)CCC2(C)C. The Bertz CT molecular complexity index is 471. The van der Waals surface area contributed by atoms with E-state index in [4.69, 9.17) is 4.74 Å². The molecule has 0 unspecified atom stereocenters. The van der Waals surface area contributed by atoms with Gasteiger partial charge in [-0.25, -0.2) is 0 Å². The second kappa shape index (κ2) is 6.42. The second-order valence-electron chi connectivity index (χ2n) is 7.86. The number of fused-ring (bicyclic) bond motifs is 1. The summed E-state index contributed by atoms with van der Waals surface area (Å²) in [5.74, 6) is 1.13. The van der Waals surface area contributed by atoms with Crippen LogP contribution in [0, 0.1) is 0 Å². The minimum atomic E-state index is 0.227. The van der Waals surface area contributed by atoms with E-state index in [1.54, 1.807) is 0 Å². The minimum Gasteiger partial charge on any atom is -0.493 e. The maximum atomic E-state index is 6.18. The molecule has 1 aromatic rings. The van der Waals surface area contributed by atoms with Crippen molar-refractivity contribution in [1.82, 2.24) is 0 Å². The summed E-state index contributed by atoms with van der Waals surface area (Å²) in [5.41, 5.74) is 3.44. The van der Waals surface area contributed by atoms with Crippen molar-refractivity contribution in [2.75, 3.05) is 6.61 Å². The van der Waals surface area contributed by atoms with Gasteiger partial charge in [0.2, 0.25) is 0 Å². The standard InChI is InChI=1S/C20H32O/c1-6-7-8-9-15-21-17-12-10-11-16-18(17)20(4,5)14-13-19(16,2)3/h10-12H,6-9,13-15H2,1-5H3. The normalized spacial score (nSPS) is 19.1. The predicted octanol–water partition coefficient (Wildman–Crippen LogP) is 5.99. The van der Waals surface area contributed by atoms with Gasteiger partial charge < -0.3 is 4.74 Å². The van der Waals surface area contributed by atoms with Gasteiger partial charge in [0, 0.05) is 5.56 Å². The molecule has 1 aliphatic rings. The fourth-order valence-electron chi connectivity index (χ4n) is 3.51. The van der Waals surface area contributed by atoms with Gasteiger partial charge in [0.05, 0.1) is 6.61 Å². The highest BCUT2D eigenvalue weighted by molar-refractivity contribution is 5.50. The maximum absolute atomic E-state index is 6.18. The Morgan fingerprint density at radius 3 is 2.38 bits per heavy atom. The number of hydrogen-bond acceptors (Lipinski definition) is 1. The molecule has 0 saturated heterocycles. The molecule has 1 nitrogen and oxygen atoms in total. The Morgan fingerprint density at radius 1 is 0.952 bits per heavy atom. The van der Waals surface area contributed by atoms with Gasteiger partial charge >= 0.3 is 0 Å². The van der Waals surface area contributed by atoms with E-state index >= 15 is 0 Å². The lowest BCUT2D eigenvalue weighted by Gasteiger charge is -2.42. The first-order valence-electron chi connectivity index (χ1n) is 8.65. The third-order valence-electron chi connectivity index (χ3n) is 5.06. The zero-order valence-electron chi connectivity index (χ0n) is 14.6. The Morgan fingerprint density at radius 2 is 1.67 bits per heavy atom. The molecule has 2 rings (SSSR count). The van der Waals surface area contributed by atoms with Crippen LogP contribution in [0.5, 0.6) is 5.75 Å². The molecule has 0 saturated carbocycles. The average Bonchev–Trinajstić information content (AvgIpc) is 2.44. The molecule has 0 bridgehead atoms. The zero-order chi connectivity index (χ0) is 15.5. The van der Waals surface area contributed by atoms with Gasteiger partial charge in [-0.3, -0.25) is 0 Å². The number of hydrogen-bond donors (Lipinski definition) is 0. The molecule has 0 radical (unpaired) electrons. The Labute approximate surface area is 131 Å². The Hall–Kier alpha value is -0.980. The van der Waals surface area contributed by atoms with Crippen LogP contribution in [-0.2, 0) is 10.8 Å². The topological polar surface area (TPSA) is 9.23 Å². The van der Waals surface area contributed by atoms with Crippen LogP contribution in [0.25, 0.3) is 0 Å². The molecular formula is C20H32O. The Kier molecular flexibility index (Phi) is 5.01. The average molecular weight is 288 g/mol. The van der Waals surface area contributed by atoms with E-state index in [-0.39, 0.29) is 10.8 Å². The highest BCUT2D eigenvalue weighted by Gasteiger charge is 2.38. The van der Waals surface area contributed by atoms with E-state index in [9.17, 15) is 0 Å². The second-order valence-corrected chi connectivity index (χ2v) is 7.86. The van der Waals surface area contributed by atoms with Gasteiger partial charge in [-0.1, -0.05) is 66.0 Å². The number of unbranched alkanes of at least 4 members (excludes halogenated alkanes) is 3. The molecule has 0 amide bonds. The van der Waals surface area contributed by atoms with E-state index in [0.717, 1.165) is 12.4 Å². The van der Waals surface area contributed by atoms with Crippen LogP contribution >= 0.6 is 0 Å². The fraction of sp³-hybridized carbons (Fsp3) is 0.700. The summed E-state index contributed by atoms with van der Waals surface area (Å²) in [5, 5.41) is 0. The molecule has 1 heteroatoms. The lowest BCUT2D eigenvalue weighted by atomic mass is 9.63.